The van der Waals surface area contributed by atoms with Gasteiger partial charge in [-0.25, -0.2) is 8.78 Å². The second-order valence-electron chi connectivity index (χ2n) is 4.44. The van der Waals surface area contributed by atoms with Crippen LogP contribution in [0.1, 0.15) is 24.2 Å². The topological polar surface area (TPSA) is 20.3 Å². The first kappa shape index (κ1) is 13.9. The maximum atomic E-state index is 13.0. The zero-order chi connectivity index (χ0) is 13.2. The second-order valence-corrected chi connectivity index (χ2v) is 4.71. The van der Waals surface area contributed by atoms with Gasteiger partial charge < -0.3 is 4.90 Å². The molecular weight excluding hydrogens is 248 g/mol. The molecule has 0 saturated carbocycles. The normalized spacial score (nSPS) is 11.4. The largest absolute Gasteiger partial charge is 0.335 e. The van der Waals surface area contributed by atoms with Crippen molar-refractivity contribution in [1.82, 2.24) is 4.90 Å². The molecule has 1 aromatic carbocycles. The summed E-state index contributed by atoms with van der Waals surface area (Å²) in [5, 5.41) is 0. The first-order valence-electron chi connectivity index (χ1n) is 5.09. The van der Waals surface area contributed by atoms with Crippen LogP contribution in [0.2, 0.25) is 0 Å². The van der Waals surface area contributed by atoms with Crippen LogP contribution >= 0.6 is 11.6 Å². The minimum Gasteiger partial charge on any atom is -0.335 e. The average molecular weight is 262 g/mol. The van der Waals surface area contributed by atoms with Gasteiger partial charge in [-0.3, -0.25) is 4.79 Å². The fraction of sp³-hybridized carbons (Fsp3) is 0.417. The van der Waals surface area contributed by atoms with Crippen LogP contribution in [0.3, 0.4) is 0 Å². The van der Waals surface area contributed by atoms with E-state index in [2.05, 4.69) is 0 Å². The molecule has 2 nitrogen and oxygen atoms in total. The van der Waals surface area contributed by atoms with E-state index in [1.54, 1.807) is 20.9 Å². The molecule has 0 fully saturated rings. The Morgan fingerprint density at radius 3 is 2.41 bits per heavy atom. The molecule has 0 N–H and O–H groups in total. The summed E-state index contributed by atoms with van der Waals surface area (Å²) in [5.41, 5.74) is -0.451. The van der Waals surface area contributed by atoms with Gasteiger partial charge in [-0.2, -0.15) is 0 Å². The number of carbonyl (C=O) groups is 1. The van der Waals surface area contributed by atoms with Gasteiger partial charge in [0.05, 0.1) is 5.54 Å². The van der Waals surface area contributed by atoms with Crippen molar-refractivity contribution in [3.63, 3.8) is 0 Å². The van der Waals surface area contributed by atoms with E-state index in [4.69, 9.17) is 11.6 Å². The Bertz CT molecular complexity index is 435. The highest BCUT2D eigenvalue weighted by Gasteiger charge is 2.27. The summed E-state index contributed by atoms with van der Waals surface area (Å²) in [6, 6.07) is 3.07. The molecule has 17 heavy (non-hydrogen) atoms. The van der Waals surface area contributed by atoms with Crippen LogP contribution in [0.25, 0.3) is 0 Å². The van der Waals surface area contributed by atoms with Crippen molar-refractivity contribution < 1.29 is 13.6 Å². The molecule has 0 radical (unpaired) electrons. The van der Waals surface area contributed by atoms with Crippen molar-refractivity contribution in [1.29, 1.82) is 0 Å². The lowest BCUT2D eigenvalue weighted by Crippen LogP contribution is -2.46. The fourth-order valence-corrected chi connectivity index (χ4v) is 1.37. The highest BCUT2D eigenvalue weighted by atomic mass is 35.5. The van der Waals surface area contributed by atoms with Crippen molar-refractivity contribution >= 4 is 17.5 Å². The highest BCUT2D eigenvalue weighted by Crippen LogP contribution is 2.18. The van der Waals surface area contributed by atoms with Crippen molar-refractivity contribution in [2.45, 2.75) is 19.4 Å². The molecule has 0 aliphatic rings. The van der Waals surface area contributed by atoms with E-state index in [0.29, 0.717) is 0 Å². The molecule has 0 bridgehead atoms. The number of amides is 1. The molecule has 0 heterocycles. The summed E-state index contributed by atoms with van der Waals surface area (Å²) >= 11 is 5.75. The van der Waals surface area contributed by atoms with Gasteiger partial charge in [0.2, 0.25) is 0 Å². The lowest BCUT2D eigenvalue weighted by atomic mass is 10.0. The molecule has 1 amide bonds. The number of carbonyl (C=O) groups excluding carboxylic acids is 1. The summed E-state index contributed by atoms with van der Waals surface area (Å²) in [6.45, 7) is 3.58. The van der Waals surface area contributed by atoms with Crippen LogP contribution in [-0.2, 0) is 0 Å². The van der Waals surface area contributed by atoms with Gasteiger partial charge in [-0.15, -0.1) is 11.6 Å². The zero-order valence-electron chi connectivity index (χ0n) is 9.93. The van der Waals surface area contributed by atoms with Gasteiger partial charge in [0, 0.05) is 18.5 Å². The third kappa shape index (κ3) is 2.94. The Hall–Kier alpha value is -1.16. The summed E-state index contributed by atoms with van der Waals surface area (Å²) in [6.07, 6.45) is 0. The summed E-state index contributed by atoms with van der Waals surface area (Å²) in [4.78, 5) is 13.4. The minimum atomic E-state index is -1.03. The molecule has 0 unspecified atom stereocenters. The summed E-state index contributed by atoms with van der Waals surface area (Å²) in [7, 11) is 1.58. The lowest BCUT2D eigenvalue weighted by Gasteiger charge is -2.33. The van der Waals surface area contributed by atoms with Crippen LogP contribution in [-0.4, -0.2) is 29.3 Å². The first-order chi connectivity index (χ1) is 7.79. The van der Waals surface area contributed by atoms with Crippen LogP contribution < -0.4 is 0 Å². The van der Waals surface area contributed by atoms with E-state index in [-0.39, 0.29) is 11.4 Å². The van der Waals surface area contributed by atoms with Gasteiger partial charge in [-0.1, -0.05) is 0 Å². The van der Waals surface area contributed by atoms with Crippen LogP contribution in [0.4, 0.5) is 8.78 Å². The number of halogens is 3. The van der Waals surface area contributed by atoms with Crippen LogP contribution in [0.15, 0.2) is 18.2 Å². The quantitative estimate of drug-likeness (QED) is 0.766. The zero-order valence-corrected chi connectivity index (χ0v) is 10.7. The Balaban J connectivity index is 3.01. The third-order valence-corrected chi connectivity index (χ3v) is 3.36. The Kier molecular flexibility index (Phi) is 4.09. The Morgan fingerprint density at radius 1 is 1.35 bits per heavy atom. The van der Waals surface area contributed by atoms with Gasteiger partial charge in [0.15, 0.2) is 11.6 Å². The summed E-state index contributed by atoms with van der Waals surface area (Å²) in [5.74, 6) is -2.15. The van der Waals surface area contributed by atoms with Crippen molar-refractivity contribution in [2.75, 3.05) is 12.9 Å². The molecule has 0 aliphatic carbocycles. The maximum absolute atomic E-state index is 13.0. The van der Waals surface area contributed by atoms with Gasteiger partial charge in [0.1, 0.15) is 0 Å². The lowest BCUT2D eigenvalue weighted by molar-refractivity contribution is 0.0659. The molecular formula is C12H14ClF2NO. The van der Waals surface area contributed by atoms with Crippen molar-refractivity contribution in [2.24, 2.45) is 0 Å². The van der Waals surface area contributed by atoms with Gasteiger partial charge >= 0.3 is 0 Å². The third-order valence-electron chi connectivity index (χ3n) is 2.71. The molecule has 0 aromatic heterocycles. The number of alkyl halides is 1. The van der Waals surface area contributed by atoms with Gasteiger partial charge in [-0.05, 0) is 32.0 Å². The number of hydrogen-bond acceptors (Lipinski definition) is 1. The van der Waals surface area contributed by atoms with Crippen LogP contribution in [0.5, 0.6) is 0 Å². The molecule has 0 atom stereocenters. The van der Waals surface area contributed by atoms with Crippen molar-refractivity contribution in [3.8, 4) is 0 Å². The molecule has 0 saturated heterocycles. The molecule has 1 rings (SSSR count). The molecule has 94 valence electrons. The average Bonchev–Trinajstić information content (AvgIpc) is 2.30. The SMILES string of the molecule is CN(C(=O)c1ccc(F)c(F)c1)C(C)(C)CCl. The minimum absolute atomic E-state index is 0.101. The Labute approximate surface area is 104 Å². The second kappa shape index (κ2) is 5.00. The predicted molar refractivity (Wildman–Crippen MR) is 63.3 cm³/mol. The van der Waals surface area contributed by atoms with Crippen molar-refractivity contribution in [3.05, 3.63) is 35.4 Å². The van der Waals surface area contributed by atoms with E-state index >= 15 is 0 Å². The first-order valence-corrected chi connectivity index (χ1v) is 5.62. The summed E-state index contributed by atoms with van der Waals surface area (Å²) < 4.78 is 25.8. The van der Waals surface area contributed by atoms with E-state index in [1.165, 1.54) is 11.0 Å². The predicted octanol–water partition coefficient (Wildman–Crippen LogP) is 3.05. The molecule has 1 aromatic rings. The molecule has 0 spiro atoms. The number of benzene rings is 1. The number of rotatable bonds is 3. The molecule has 5 heteroatoms. The number of nitrogens with zero attached hydrogens (tertiary/aromatic N) is 1. The fourth-order valence-electron chi connectivity index (χ4n) is 1.19. The maximum Gasteiger partial charge on any atom is 0.254 e. The van der Waals surface area contributed by atoms with E-state index in [1.807, 2.05) is 0 Å². The molecule has 0 aliphatic heterocycles. The highest BCUT2D eigenvalue weighted by molar-refractivity contribution is 6.18. The van der Waals surface area contributed by atoms with E-state index in [0.717, 1.165) is 12.1 Å². The van der Waals surface area contributed by atoms with E-state index in [9.17, 15) is 13.6 Å². The standard InChI is InChI=1S/C12H14ClF2NO/c1-12(2,7-13)16(3)11(17)8-4-5-9(14)10(15)6-8/h4-6H,7H2,1-3H3. The monoisotopic (exact) mass is 261 g/mol. The van der Waals surface area contributed by atoms with E-state index < -0.39 is 23.1 Å². The smallest absolute Gasteiger partial charge is 0.254 e. The Morgan fingerprint density at radius 2 is 1.94 bits per heavy atom. The van der Waals surface area contributed by atoms with Gasteiger partial charge in [0.25, 0.3) is 5.91 Å². The number of hydrogen-bond donors (Lipinski definition) is 0. The van der Waals surface area contributed by atoms with Crippen LogP contribution in [0, 0.1) is 11.6 Å².